The van der Waals surface area contributed by atoms with E-state index in [0.717, 1.165) is 12.1 Å². The zero-order valence-electron chi connectivity index (χ0n) is 14.9. The first kappa shape index (κ1) is 16.8. The fourth-order valence-electron chi connectivity index (χ4n) is 4.45. The number of benzene rings is 1. The summed E-state index contributed by atoms with van der Waals surface area (Å²) < 4.78 is 12.2. The standard InChI is InChI=1S/C19H17N3O6/c23-18(12-1-4-16-17(6-12)28-10-27-16)20-7-11-5-13(9-20)14-2-3-15(22(25)26)19(24)21(14)8-11/h1-4,6,11,13H,5,7-10H2/t11-,13+/m1/s1. The summed E-state index contributed by atoms with van der Waals surface area (Å²) in [6, 6.07) is 8.06. The highest BCUT2D eigenvalue weighted by Gasteiger charge is 2.38. The van der Waals surface area contributed by atoms with Gasteiger partial charge in [-0.05, 0) is 36.6 Å². The molecule has 28 heavy (non-hydrogen) atoms. The van der Waals surface area contributed by atoms with Gasteiger partial charge in [0.1, 0.15) is 0 Å². The number of pyridine rings is 1. The Morgan fingerprint density at radius 2 is 1.93 bits per heavy atom. The van der Waals surface area contributed by atoms with Gasteiger partial charge in [-0.1, -0.05) is 0 Å². The maximum absolute atomic E-state index is 13.0. The first-order valence-corrected chi connectivity index (χ1v) is 9.08. The Balaban J connectivity index is 1.43. The average molecular weight is 383 g/mol. The van der Waals surface area contributed by atoms with E-state index in [1.807, 2.05) is 0 Å². The molecule has 5 rings (SSSR count). The molecule has 0 N–H and O–H groups in total. The van der Waals surface area contributed by atoms with Crippen LogP contribution in [0.2, 0.25) is 0 Å². The van der Waals surface area contributed by atoms with E-state index in [0.29, 0.717) is 36.7 Å². The minimum atomic E-state index is -0.643. The lowest BCUT2D eigenvalue weighted by atomic mass is 9.83. The monoisotopic (exact) mass is 383 g/mol. The molecule has 2 bridgehead atoms. The molecule has 0 radical (unpaired) electrons. The lowest BCUT2D eigenvalue weighted by Crippen LogP contribution is -2.49. The summed E-state index contributed by atoms with van der Waals surface area (Å²) in [7, 11) is 0. The highest BCUT2D eigenvalue weighted by molar-refractivity contribution is 5.95. The van der Waals surface area contributed by atoms with Gasteiger partial charge in [0, 0.05) is 42.9 Å². The number of rotatable bonds is 2. The third-order valence-electron chi connectivity index (χ3n) is 5.69. The number of hydrogen-bond acceptors (Lipinski definition) is 6. The zero-order valence-corrected chi connectivity index (χ0v) is 14.9. The number of carbonyl (C=O) groups excluding carboxylic acids is 1. The van der Waals surface area contributed by atoms with Crippen LogP contribution in [0.15, 0.2) is 35.1 Å². The van der Waals surface area contributed by atoms with E-state index >= 15 is 0 Å². The number of carbonyl (C=O) groups is 1. The summed E-state index contributed by atoms with van der Waals surface area (Å²) in [6.45, 7) is 1.52. The molecular weight excluding hydrogens is 366 g/mol. The molecule has 1 fully saturated rings. The Morgan fingerprint density at radius 3 is 2.75 bits per heavy atom. The average Bonchev–Trinajstić information content (AvgIpc) is 3.15. The summed E-state index contributed by atoms with van der Waals surface area (Å²) >= 11 is 0. The molecule has 144 valence electrons. The van der Waals surface area contributed by atoms with Crippen LogP contribution in [-0.4, -0.2) is 40.2 Å². The van der Waals surface area contributed by atoms with Crippen LogP contribution in [-0.2, 0) is 6.54 Å². The zero-order chi connectivity index (χ0) is 19.4. The minimum absolute atomic E-state index is 0.0148. The van der Waals surface area contributed by atoms with E-state index in [-0.39, 0.29) is 24.5 Å². The summed E-state index contributed by atoms with van der Waals surface area (Å²) in [4.78, 5) is 37.7. The Morgan fingerprint density at radius 1 is 1.11 bits per heavy atom. The van der Waals surface area contributed by atoms with Crippen molar-refractivity contribution in [3.63, 3.8) is 0 Å². The molecule has 9 heteroatoms. The van der Waals surface area contributed by atoms with Crippen LogP contribution in [0, 0.1) is 16.0 Å². The van der Waals surface area contributed by atoms with Crippen molar-refractivity contribution in [3.05, 3.63) is 62.1 Å². The van der Waals surface area contributed by atoms with Gasteiger partial charge in [0.25, 0.3) is 5.91 Å². The Bertz CT molecular complexity index is 1060. The molecular formula is C19H17N3O6. The van der Waals surface area contributed by atoms with Gasteiger partial charge in [-0.2, -0.15) is 0 Å². The highest BCUT2D eigenvalue weighted by Crippen LogP contribution is 2.37. The van der Waals surface area contributed by atoms with Crippen molar-refractivity contribution in [3.8, 4) is 11.5 Å². The van der Waals surface area contributed by atoms with Gasteiger partial charge < -0.3 is 18.9 Å². The normalized spacial score (nSPS) is 21.9. The molecule has 1 aromatic carbocycles. The molecule has 2 aromatic rings. The minimum Gasteiger partial charge on any atom is -0.454 e. The van der Waals surface area contributed by atoms with Gasteiger partial charge in [-0.25, -0.2) is 0 Å². The lowest BCUT2D eigenvalue weighted by Gasteiger charge is -2.42. The second-order valence-electron chi connectivity index (χ2n) is 7.39. The number of fused-ring (bicyclic) bond motifs is 5. The molecule has 0 unspecified atom stereocenters. The number of hydrogen-bond donors (Lipinski definition) is 0. The maximum Gasteiger partial charge on any atom is 0.334 e. The lowest BCUT2D eigenvalue weighted by molar-refractivity contribution is -0.386. The Labute approximate surface area is 159 Å². The van der Waals surface area contributed by atoms with E-state index in [2.05, 4.69) is 0 Å². The Hall–Kier alpha value is -3.36. The fraction of sp³-hybridized carbons (Fsp3) is 0.368. The summed E-state index contributed by atoms with van der Waals surface area (Å²) in [5.41, 5.74) is 0.324. The number of aromatic nitrogens is 1. The number of nitrogens with zero attached hydrogens (tertiary/aromatic N) is 3. The van der Waals surface area contributed by atoms with E-state index in [1.54, 1.807) is 29.2 Å². The third kappa shape index (κ3) is 2.54. The molecule has 3 aliphatic heterocycles. The molecule has 0 spiro atoms. The van der Waals surface area contributed by atoms with Crippen LogP contribution >= 0.6 is 0 Å². The molecule has 1 aromatic heterocycles. The summed E-state index contributed by atoms with van der Waals surface area (Å²) in [5, 5.41) is 11.1. The van der Waals surface area contributed by atoms with Crippen molar-refractivity contribution in [2.45, 2.75) is 18.9 Å². The molecule has 0 aliphatic carbocycles. The van der Waals surface area contributed by atoms with Crippen LogP contribution in [0.3, 0.4) is 0 Å². The molecule has 0 saturated carbocycles. The third-order valence-corrected chi connectivity index (χ3v) is 5.69. The number of ether oxygens (including phenoxy) is 2. The van der Waals surface area contributed by atoms with E-state index in [4.69, 9.17) is 9.47 Å². The summed E-state index contributed by atoms with van der Waals surface area (Å²) in [6.07, 6.45) is 0.863. The van der Waals surface area contributed by atoms with Gasteiger partial charge in [-0.3, -0.25) is 19.7 Å². The smallest absolute Gasteiger partial charge is 0.334 e. The number of likely N-dealkylation sites (tertiary alicyclic amines) is 1. The topological polar surface area (TPSA) is 104 Å². The predicted molar refractivity (Wildman–Crippen MR) is 96.7 cm³/mol. The SMILES string of the molecule is O=C(c1ccc2c(c1)OCO2)N1C[C@H]2C[C@@H](C1)c1ccc([N+](=O)[O-])c(=O)n1C2. The van der Waals surface area contributed by atoms with Crippen molar-refractivity contribution in [1.82, 2.24) is 9.47 Å². The molecule has 3 aliphatic rings. The van der Waals surface area contributed by atoms with Crippen molar-refractivity contribution in [2.75, 3.05) is 19.9 Å². The van der Waals surface area contributed by atoms with Crippen molar-refractivity contribution in [2.24, 2.45) is 5.92 Å². The Kier molecular flexibility index (Phi) is 3.65. The van der Waals surface area contributed by atoms with Gasteiger partial charge in [0.15, 0.2) is 11.5 Å². The predicted octanol–water partition coefficient (Wildman–Crippen LogP) is 1.74. The number of piperidine rings is 1. The highest BCUT2D eigenvalue weighted by atomic mass is 16.7. The second kappa shape index (κ2) is 6.08. The first-order valence-electron chi connectivity index (χ1n) is 9.08. The van der Waals surface area contributed by atoms with Crippen LogP contribution < -0.4 is 15.0 Å². The van der Waals surface area contributed by atoms with E-state index < -0.39 is 16.2 Å². The van der Waals surface area contributed by atoms with E-state index in [9.17, 15) is 19.7 Å². The van der Waals surface area contributed by atoms with Crippen LogP contribution in [0.4, 0.5) is 5.69 Å². The van der Waals surface area contributed by atoms with Gasteiger partial charge in [0.05, 0.1) is 4.92 Å². The molecule has 1 amide bonds. The molecule has 1 saturated heterocycles. The van der Waals surface area contributed by atoms with Gasteiger partial charge in [-0.15, -0.1) is 0 Å². The van der Waals surface area contributed by atoms with Gasteiger partial charge in [0.2, 0.25) is 6.79 Å². The van der Waals surface area contributed by atoms with Crippen LogP contribution in [0.25, 0.3) is 0 Å². The fourth-order valence-corrected chi connectivity index (χ4v) is 4.45. The molecule has 9 nitrogen and oxygen atoms in total. The maximum atomic E-state index is 13.0. The molecule has 2 atom stereocenters. The van der Waals surface area contributed by atoms with Crippen LogP contribution in [0.1, 0.15) is 28.4 Å². The van der Waals surface area contributed by atoms with Gasteiger partial charge >= 0.3 is 11.2 Å². The van der Waals surface area contributed by atoms with Crippen molar-refractivity contribution in [1.29, 1.82) is 0 Å². The quantitative estimate of drug-likeness (QED) is 0.578. The van der Waals surface area contributed by atoms with Crippen LogP contribution in [0.5, 0.6) is 11.5 Å². The summed E-state index contributed by atoms with van der Waals surface area (Å²) in [5.74, 6) is 1.17. The first-order chi connectivity index (χ1) is 13.5. The largest absolute Gasteiger partial charge is 0.454 e. The number of nitro groups is 1. The second-order valence-corrected chi connectivity index (χ2v) is 7.39. The van der Waals surface area contributed by atoms with Crippen molar-refractivity contribution >= 4 is 11.6 Å². The molecule has 4 heterocycles. The van der Waals surface area contributed by atoms with E-state index in [1.165, 1.54) is 10.6 Å². The number of amides is 1. The van der Waals surface area contributed by atoms with Crippen molar-refractivity contribution < 1.29 is 19.2 Å².